The topological polar surface area (TPSA) is 70.1 Å². The third kappa shape index (κ3) is 3.85. The molecule has 94 valence electrons. The molecule has 0 atom stereocenters. The van der Waals surface area contributed by atoms with Crippen LogP contribution < -0.4 is 10.6 Å². The Morgan fingerprint density at radius 3 is 2.65 bits per heavy atom. The third-order valence-electron chi connectivity index (χ3n) is 3.10. The highest BCUT2D eigenvalue weighted by Gasteiger charge is 2.16. The zero-order valence-electron chi connectivity index (χ0n) is 10.0. The summed E-state index contributed by atoms with van der Waals surface area (Å²) >= 11 is 0. The van der Waals surface area contributed by atoms with E-state index in [1.54, 1.807) is 6.33 Å². The maximum atomic E-state index is 8.69. The molecule has 1 aromatic rings. The van der Waals surface area contributed by atoms with Gasteiger partial charge in [0, 0.05) is 25.8 Å². The summed E-state index contributed by atoms with van der Waals surface area (Å²) in [7, 11) is 0. The van der Waals surface area contributed by atoms with Crippen molar-refractivity contribution < 1.29 is 5.11 Å². The summed E-state index contributed by atoms with van der Waals surface area (Å²) < 4.78 is 0. The molecular formula is C12H20N4O. The van der Waals surface area contributed by atoms with Gasteiger partial charge in [-0.1, -0.05) is 6.42 Å². The fraction of sp³-hybridized carbons (Fsp3) is 0.667. The summed E-state index contributed by atoms with van der Waals surface area (Å²) in [4.78, 5) is 8.31. The standard InChI is InChI=1S/C12H20N4O/c17-6-2-5-13-11-7-12(16-9-15-11)14-8-10-3-1-4-10/h7,9-10,17H,1-6,8H2,(H2,13,14,15,16). The number of nitrogens with one attached hydrogen (secondary N) is 2. The number of hydrogen-bond donors (Lipinski definition) is 3. The molecule has 1 aliphatic carbocycles. The van der Waals surface area contributed by atoms with Gasteiger partial charge in [-0.15, -0.1) is 0 Å². The molecule has 1 heterocycles. The average Bonchev–Trinajstić information content (AvgIpc) is 2.28. The molecule has 1 aromatic heterocycles. The maximum absolute atomic E-state index is 8.69. The van der Waals surface area contributed by atoms with E-state index in [1.165, 1.54) is 19.3 Å². The van der Waals surface area contributed by atoms with Gasteiger partial charge >= 0.3 is 0 Å². The molecule has 17 heavy (non-hydrogen) atoms. The fourth-order valence-corrected chi connectivity index (χ4v) is 1.79. The van der Waals surface area contributed by atoms with Crippen molar-refractivity contribution >= 4 is 11.6 Å². The monoisotopic (exact) mass is 236 g/mol. The van der Waals surface area contributed by atoms with Gasteiger partial charge < -0.3 is 15.7 Å². The first kappa shape index (κ1) is 12.1. The molecule has 1 saturated carbocycles. The van der Waals surface area contributed by atoms with Crippen molar-refractivity contribution in [2.75, 3.05) is 30.3 Å². The molecule has 2 rings (SSSR count). The van der Waals surface area contributed by atoms with Gasteiger partial charge in [-0.05, 0) is 25.2 Å². The average molecular weight is 236 g/mol. The van der Waals surface area contributed by atoms with E-state index in [0.717, 1.165) is 37.1 Å². The Morgan fingerprint density at radius 2 is 2.00 bits per heavy atom. The smallest absolute Gasteiger partial charge is 0.131 e. The van der Waals surface area contributed by atoms with Crippen LogP contribution >= 0.6 is 0 Å². The first-order valence-corrected chi connectivity index (χ1v) is 6.29. The van der Waals surface area contributed by atoms with Gasteiger partial charge in [-0.25, -0.2) is 9.97 Å². The summed E-state index contributed by atoms with van der Waals surface area (Å²) in [5, 5.41) is 15.2. The minimum atomic E-state index is 0.199. The van der Waals surface area contributed by atoms with Gasteiger partial charge in [0.05, 0.1) is 0 Å². The Labute approximate surface area is 102 Å². The van der Waals surface area contributed by atoms with Gasteiger partial charge in [0.25, 0.3) is 0 Å². The number of aliphatic hydroxyl groups is 1. The molecule has 0 saturated heterocycles. The number of rotatable bonds is 7. The Balaban J connectivity index is 1.78. The van der Waals surface area contributed by atoms with Crippen molar-refractivity contribution in [2.24, 2.45) is 5.92 Å². The minimum Gasteiger partial charge on any atom is -0.396 e. The highest BCUT2D eigenvalue weighted by atomic mass is 16.3. The number of aliphatic hydroxyl groups excluding tert-OH is 1. The predicted octanol–water partition coefficient (Wildman–Crippen LogP) is 1.48. The van der Waals surface area contributed by atoms with Crippen molar-refractivity contribution in [3.8, 4) is 0 Å². The molecule has 0 amide bonds. The molecule has 5 nitrogen and oxygen atoms in total. The van der Waals surface area contributed by atoms with Crippen LogP contribution in [-0.4, -0.2) is 34.8 Å². The lowest BCUT2D eigenvalue weighted by Crippen LogP contribution is -2.21. The number of hydrogen-bond acceptors (Lipinski definition) is 5. The summed E-state index contributed by atoms with van der Waals surface area (Å²) in [6.07, 6.45) is 6.32. The van der Waals surface area contributed by atoms with E-state index >= 15 is 0 Å². The quantitative estimate of drug-likeness (QED) is 0.626. The van der Waals surface area contributed by atoms with Crippen molar-refractivity contribution in [1.29, 1.82) is 0 Å². The number of aromatic nitrogens is 2. The van der Waals surface area contributed by atoms with Crippen LogP contribution in [0.25, 0.3) is 0 Å². The van der Waals surface area contributed by atoms with Gasteiger partial charge in [0.1, 0.15) is 18.0 Å². The molecule has 0 aromatic carbocycles. The third-order valence-corrected chi connectivity index (χ3v) is 3.10. The molecule has 0 spiro atoms. The lowest BCUT2D eigenvalue weighted by molar-refractivity contribution is 0.292. The molecule has 0 bridgehead atoms. The predicted molar refractivity (Wildman–Crippen MR) is 68.1 cm³/mol. The molecule has 5 heteroatoms. The van der Waals surface area contributed by atoms with Crippen LogP contribution in [0.1, 0.15) is 25.7 Å². The van der Waals surface area contributed by atoms with Crippen molar-refractivity contribution in [3.63, 3.8) is 0 Å². The van der Waals surface area contributed by atoms with Gasteiger partial charge in [-0.3, -0.25) is 0 Å². The lowest BCUT2D eigenvalue weighted by Gasteiger charge is -2.25. The van der Waals surface area contributed by atoms with E-state index in [0.29, 0.717) is 0 Å². The number of nitrogens with zero attached hydrogens (tertiary/aromatic N) is 2. The zero-order valence-corrected chi connectivity index (χ0v) is 10.0. The highest BCUT2D eigenvalue weighted by Crippen LogP contribution is 2.26. The Kier molecular flexibility index (Phi) is 4.55. The summed E-state index contributed by atoms with van der Waals surface area (Å²) in [6.45, 7) is 1.94. The van der Waals surface area contributed by atoms with Crippen molar-refractivity contribution in [3.05, 3.63) is 12.4 Å². The van der Waals surface area contributed by atoms with E-state index in [9.17, 15) is 0 Å². The molecular weight excluding hydrogens is 216 g/mol. The lowest BCUT2D eigenvalue weighted by atomic mass is 9.85. The second-order valence-corrected chi connectivity index (χ2v) is 4.47. The number of anilines is 2. The van der Waals surface area contributed by atoms with Crippen molar-refractivity contribution in [1.82, 2.24) is 9.97 Å². The van der Waals surface area contributed by atoms with Crippen LogP contribution in [0, 0.1) is 5.92 Å². The Bertz CT molecular complexity index is 341. The highest BCUT2D eigenvalue weighted by molar-refractivity contribution is 5.46. The van der Waals surface area contributed by atoms with Crippen LogP contribution in [0.2, 0.25) is 0 Å². The molecule has 0 radical (unpaired) electrons. The first-order chi connectivity index (χ1) is 8.38. The minimum absolute atomic E-state index is 0.199. The zero-order chi connectivity index (χ0) is 11.9. The summed E-state index contributed by atoms with van der Waals surface area (Å²) in [5.74, 6) is 2.50. The maximum Gasteiger partial charge on any atom is 0.131 e. The Morgan fingerprint density at radius 1 is 1.24 bits per heavy atom. The molecule has 1 fully saturated rings. The second kappa shape index (κ2) is 6.39. The van der Waals surface area contributed by atoms with Crippen molar-refractivity contribution in [2.45, 2.75) is 25.7 Å². The Hall–Kier alpha value is -1.36. The van der Waals surface area contributed by atoms with Crippen LogP contribution in [0.5, 0.6) is 0 Å². The van der Waals surface area contributed by atoms with E-state index in [-0.39, 0.29) is 6.61 Å². The van der Waals surface area contributed by atoms with Crippen LogP contribution in [-0.2, 0) is 0 Å². The normalized spacial score (nSPS) is 15.4. The van der Waals surface area contributed by atoms with E-state index in [1.807, 2.05) is 6.07 Å². The van der Waals surface area contributed by atoms with Crippen LogP contribution in [0.3, 0.4) is 0 Å². The second-order valence-electron chi connectivity index (χ2n) is 4.47. The van der Waals surface area contributed by atoms with Crippen LogP contribution in [0.4, 0.5) is 11.6 Å². The SMILES string of the molecule is OCCCNc1cc(NCC2CCC2)ncn1. The van der Waals surface area contributed by atoms with Gasteiger partial charge in [-0.2, -0.15) is 0 Å². The molecule has 0 unspecified atom stereocenters. The van der Waals surface area contributed by atoms with Crippen LogP contribution in [0.15, 0.2) is 12.4 Å². The van der Waals surface area contributed by atoms with E-state index < -0.39 is 0 Å². The van der Waals surface area contributed by atoms with E-state index in [4.69, 9.17) is 5.11 Å². The molecule has 1 aliphatic rings. The molecule has 3 N–H and O–H groups in total. The summed E-state index contributed by atoms with van der Waals surface area (Å²) in [6, 6.07) is 1.91. The first-order valence-electron chi connectivity index (χ1n) is 6.29. The van der Waals surface area contributed by atoms with E-state index in [2.05, 4.69) is 20.6 Å². The largest absolute Gasteiger partial charge is 0.396 e. The summed E-state index contributed by atoms with van der Waals surface area (Å²) in [5.41, 5.74) is 0. The van der Waals surface area contributed by atoms with Gasteiger partial charge in [0.2, 0.25) is 0 Å². The fourth-order valence-electron chi connectivity index (χ4n) is 1.79. The van der Waals surface area contributed by atoms with Gasteiger partial charge in [0.15, 0.2) is 0 Å². The molecule has 0 aliphatic heterocycles.